The van der Waals surface area contributed by atoms with Gasteiger partial charge in [-0.05, 0) is 91.4 Å². The van der Waals surface area contributed by atoms with Gasteiger partial charge in [0.2, 0.25) is 0 Å². The van der Waals surface area contributed by atoms with E-state index in [4.69, 9.17) is 9.84 Å². The molecule has 1 aromatic rings. The number of aryl methyl sites for hydroxylation is 1. The van der Waals surface area contributed by atoms with Crippen LogP contribution in [0.4, 0.5) is 0 Å². The minimum atomic E-state index is -0.772. The van der Waals surface area contributed by atoms with Crippen molar-refractivity contribution in [1.82, 2.24) is 0 Å². The number of hydrogen-bond acceptors (Lipinski definition) is 3. The van der Waals surface area contributed by atoms with Crippen LogP contribution in [0.1, 0.15) is 68.9 Å². The first-order valence-electron chi connectivity index (χ1n) is 10.1. The molecule has 0 amide bonds. The number of benzene rings is 1. The molecule has 0 heterocycles. The number of aliphatic hydroxyl groups excluding tert-OH is 1. The van der Waals surface area contributed by atoms with Crippen molar-refractivity contribution < 1.29 is 19.7 Å². The molecule has 3 aliphatic rings. The first kappa shape index (κ1) is 17.8. The lowest BCUT2D eigenvalue weighted by Crippen LogP contribution is -2.43. The Balaban J connectivity index is 1.46. The van der Waals surface area contributed by atoms with Crippen molar-refractivity contribution in [3.05, 3.63) is 29.3 Å². The van der Waals surface area contributed by atoms with Gasteiger partial charge >= 0.3 is 5.97 Å². The summed E-state index contributed by atoms with van der Waals surface area (Å²) in [6.45, 7) is 2.77. The minimum absolute atomic E-state index is 0.114. The highest BCUT2D eigenvalue weighted by molar-refractivity contribution is 5.66. The van der Waals surface area contributed by atoms with Gasteiger partial charge in [0, 0.05) is 6.42 Å². The fourth-order valence-electron chi connectivity index (χ4n) is 6.03. The van der Waals surface area contributed by atoms with E-state index in [1.54, 1.807) is 0 Å². The third-order valence-electron chi connectivity index (χ3n) is 7.45. The summed E-state index contributed by atoms with van der Waals surface area (Å²) in [6.07, 6.45) is 7.35. The van der Waals surface area contributed by atoms with Crippen LogP contribution >= 0.6 is 0 Å². The molecule has 2 N–H and O–H groups in total. The molecule has 3 aliphatic carbocycles. The van der Waals surface area contributed by atoms with E-state index in [1.165, 1.54) is 30.4 Å². The average molecular weight is 358 g/mol. The number of rotatable bonds is 5. The molecular weight excluding hydrogens is 328 g/mol. The Morgan fingerprint density at radius 1 is 1.27 bits per heavy atom. The number of aliphatic carboxylic acids is 1. The number of carbonyl (C=O) groups is 1. The fraction of sp³-hybridized carbons (Fsp3) is 0.682. The molecule has 0 saturated heterocycles. The Hall–Kier alpha value is -1.55. The van der Waals surface area contributed by atoms with E-state index in [2.05, 4.69) is 25.1 Å². The molecule has 4 heteroatoms. The highest BCUT2D eigenvalue weighted by atomic mass is 16.5. The molecule has 2 saturated carbocycles. The van der Waals surface area contributed by atoms with Gasteiger partial charge in [-0.2, -0.15) is 0 Å². The summed E-state index contributed by atoms with van der Waals surface area (Å²) in [4.78, 5) is 10.6. The quantitative estimate of drug-likeness (QED) is 0.776. The van der Waals surface area contributed by atoms with Gasteiger partial charge in [-0.3, -0.25) is 4.79 Å². The highest BCUT2D eigenvalue weighted by Crippen LogP contribution is 2.60. The predicted molar refractivity (Wildman–Crippen MR) is 99.4 cm³/mol. The van der Waals surface area contributed by atoms with E-state index < -0.39 is 5.97 Å². The third kappa shape index (κ3) is 3.02. The van der Waals surface area contributed by atoms with E-state index in [0.29, 0.717) is 30.8 Å². The van der Waals surface area contributed by atoms with Gasteiger partial charge in [0.05, 0.1) is 12.7 Å². The zero-order valence-corrected chi connectivity index (χ0v) is 15.6. The Morgan fingerprint density at radius 2 is 2.12 bits per heavy atom. The maximum Gasteiger partial charge on any atom is 0.303 e. The minimum Gasteiger partial charge on any atom is -0.494 e. The number of fused-ring (bicyclic) bond motifs is 5. The number of aliphatic hydroxyl groups is 1. The lowest BCUT2D eigenvalue weighted by atomic mass is 9.55. The lowest BCUT2D eigenvalue weighted by Gasteiger charge is -2.50. The van der Waals surface area contributed by atoms with Gasteiger partial charge in [-0.25, -0.2) is 0 Å². The molecule has 4 nitrogen and oxygen atoms in total. The second-order valence-electron chi connectivity index (χ2n) is 8.76. The molecule has 0 aliphatic heterocycles. The summed E-state index contributed by atoms with van der Waals surface area (Å²) >= 11 is 0. The van der Waals surface area contributed by atoms with E-state index in [0.717, 1.165) is 25.0 Å². The fourth-order valence-corrected chi connectivity index (χ4v) is 6.03. The summed E-state index contributed by atoms with van der Waals surface area (Å²) in [6, 6.07) is 6.47. The molecule has 26 heavy (non-hydrogen) atoms. The molecule has 0 spiro atoms. The largest absolute Gasteiger partial charge is 0.494 e. The van der Waals surface area contributed by atoms with Crippen LogP contribution in [0.15, 0.2) is 18.2 Å². The Labute approximate surface area is 155 Å². The second-order valence-corrected chi connectivity index (χ2v) is 8.76. The number of carboxylic acid groups (broad SMARTS) is 1. The molecule has 5 atom stereocenters. The number of hydrogen-bond donors (Lipinski definition) is 2. The van der Waals surface area contributed by atoms with Gasteiger partial charge in [0.15, 0.2) is 0 Å². The number of carboxylic acids is 1. The monoisotopic (exact) mass is 358 g/mol. The SMILES string of the molecule is C[C@]12CC[C@@H]3c4ccc(OCCCC(=O)O)cc4CC[C@H]3[C@@H]1CC[C@@H]2O. The Bertz CT molecular complexity index is 685. The summed E-state index contributed by atoms with van der Waals surface area (Å²) in [5.41, 5.74) is 3.03. The average Bonchev–Trinajstić information content (AvgIpc) is 2.93. The van der Waals surface area contributed by atoms with Crippen LogP contribution < -0.4 is 4.74 Å². The van der Waals surface area contributed by atoms with Crippen LogP contribution in [0.5, 0.6) is 5.75 Å². The second kappa shape index (κ2) is 6.88. The van der Waals surface area contributed by atoms with Gasteiger partial charge in [0.1, 0.15) is 5.75 Å². The van der Waals surface area contributed by atoms with Crippen LogP contribution in [-0.4, -0.2) is 28.9 Å². The summed E-state index contributed by atoms with van der Waals surface area (Å²) < 4.78 is 5.76. The summed E-state index contributed by atoms with van der Waals surface area (Å²) in [5, 5.41) is 19.2. The highest BCUT2D eigenvalue weighted by Gasteiger charge is 2.54. The summed E-state index contributed by atoms with van der Waals surface area (Å²) in [5.74, 6) is 2.09. The number of ether oxygens (including phenoxy) is 1. The van der Waals surface area contributed by atoms with Crippen molar-refractivity contribution in [3.8, 4) is 5.75 Å². The first-order chi connectivity index (χ1) is 12.5. The van der Waals surface area contributed by atoms with Crippen molar-refractivity contribution in [1.29, 1.82) is 0 Å². The van der Waals surface area contributed by atoms with E-state index in [1.807, 2.05) is 0 Å². The molecule has 0 unspecified atom stereocenters. The van der Waals surface area contributed by atoms with Gasteiger partial charge < -0.3 is 14.9 Å². The zero-order valence-electron chi connectivity index (χ0n) is 15.6. The molecule has 0 radical (unpaired) electrons. The Kier molecular flexibility index (Phi) is 4.72. The normalized spacial score (nSPS) is 35.3. The molecule has 1 aromatic carbocycles. The van der Waals surface area contributed by atoms with Crippen molar-refractivity contribution in [2.75, 3.05) is 6.61 Å². The predicted octanol–water partition coefficient (Wildman–Crippen LogP) is 4.15. The third-order valence-corrected chi connectivity index (χ3v) is 7.45. The van der Waals surface area contributed by atoms with Crippen LogP contribution in [0.2, 0.25) is 0 Å². The molecule has 4 rings (SSSR count). The van der Waals surface area contributed by atoms with Gasteiger partial charge in [-0.15, -0.1) is 0 Å². The van der Waals surface area contributed by atoms with E-state index in [9.17, 15) is 9.90 Å². The Morgan fingerprint density at radius 3 is 2.92 bits per heavy atom. The van der Waals surface area contributed by atoms with Crippen molar-refractivity contribution in [3.63, 3.8) is 0 Å². The molecule has 142 valence electrons. The summed E-state index contributed by atoms with van der Waals surface area (Å²) in [7, 11) is 0. The zero-order chi connectivity index (χ0) is 18.3. The van der Waals surface area contributed by atoms with Gasteiger partial charge in [0.25, 0.3) is 0 Å². The van der Waals surface area contributed by atoms with Crippen LogP contribution in [0.25, 0.3) is 0 Å². The maximum absolute atomic E-state index is 10.6. The standard InChI is InChI=1S/C22H30O4/c1-22-11-10-17-16-7-5-15(26-12-2-3-21(24)25)13-14(16)4-6-18(17)19(22)8-9-20(22)23/h5,7,13,17-20,23H,2-4,6,8-12H2,1H3,(H,24,25)/t17-,18-,19+,20+,22+/m1/s1. The molecule has 0 aromatic heterocycles. The molecular formula is C22H30O4. The molecule has 0 bridgehead atoms. The van der Waals surface area contributed by atoms with Crippen molar-refractivity contribution >= 4 is 5.97 Å². The van der Waals surface area contributed by atoms with E-state index in [-0.39, 0.29) is 17.9 Å². The van der Waals surface area contributed by atoms with Crippen LogP contribution in [0.3, 0.4) is 0 Å². The topological polar surface area (TPSA) is 66.8 Å². The van der Waals surface area contributed by atoms with Crippen molar-refractivity contribution in [2.45, 2.75) is 70.3 Å². The van der Waals surface area contributed by atoms with E-state index >= 15 is 0 Å². The maximum atomic E-state index is 10.6. The lowest BCUT2D eigenvalue weighted by molar-refractivity contribution is -0.137. The first-order valence-corrected chi connectivity index (χ1v) is 10.1. The smallest absolute Gasteiger partial charge is 0.303 e. The van der Waals surface area contributed by atoms with Crippen LogP contribution in [0, 0.1) is 17.3 Å². The van der Waals surface area contributed by atoms with Crippen molar-refractivity contribution in [2.24, 2.45) is 17.3 Å². The van der Waals surface area contributed by atoms with Crippen LogP contribution in [-0.2, 0) is 11.2 Å². The molecule has 2 fully saturated rings. The van der Waals surface area contributed by atoms with Gasteiger partial charge in [-0.1, -0.05) is 13.0 Å².